The van der Waals surface area contributed by atoms with Gasteiger partial charge in [-0.2, -0.15) is 0 Å². The van der Waals surface area contributed by atoms with E-state index in [9.17, 15) is 4.39 Å². The molecule has 2 nitrogen and oxygen atoms in total. The minimum atomic E-state index is -0.518. The topological polar surface area (TPSA) is 12.5 Å². The minimum Gasteiger partial charge on any atom is -0.489 e. The fourth-order valence-corrected chi connectivity index (χ4v) is 2.62. The van der Waals surface area contributed by atoms with Gasteiger partial charge in [0.25, 0.3) is 0 Å². The van der Waals surface area contributed by atoms with E-state index in [0.29, 0.717) is 16.8 Å². The number of benzene rings is 1. The predicted octanol–water partition coefficient (Wildman–Crippen LogP) is 4.79. The summed E-state index contributed by atoms with van der Waals surface area (Å²) in [6, 6.07) is 5.96. The fourth-order valence-electron chi connectivity index (χ4n) is 2.39. The van der Waals surface area contributed by atoms with Crippen LogP contribution in [0.5, 0.6) is 5.75 Å². The van der Waals surface area contributed by atoms with Crippen molar-refractivity contribution in [3.8, 4) is 5.75 Å². The van der Waals surface area contributed by atoms with Crippen LogP contribution in [0.2, 0.25) is 5.02 Å². The summed E-state index contributed by atoms with van der Waals surface area (Å²) in [5.74, 6) is 0.528. The first kappa shape index (κ1) is 15.9. The molecule has 0 N–H and O–H groups in total. The van der Waals surface area contributed by atoms with Gasteiger partial charge in [-0.3, -0.25) is 0 Å². The highest BCUT2D eigenvalue weighted by Gasteiger charge is 2.15. The second-order valence-electron chi connectivity index (χ2n) is 5.24. The molecule has 21 heavy (non-hydrogen) atoms. The number of rotatable bonds is 4. The Morgan fingerprint density at radius 3 is 2.95 bits per heavy atom. The lowest BCUT2D eigenvalue weighted by Crippen LogP contribution is -2.33. The first-order valence-corrected chi connectivity index (χ1v) is 7.57. The summed E-state index contributed by atoms with van der Waals surface area (Å²) in [5, 5.41) is 0.515. The van der Waals surface area contributed by atoms with E-state index in [1.807, 2.05) is 18.2 Å². The largest absolute Gasteiger partial charge is 0.489 e. The monoisotopic (exact) mass is 309 g/mol. The maximum atomic E-state index is 12.2. The van der Waals surface area contributed by atoms with Crippen LogP contribution in [0, 0.1) is 0 Å². The van der Waals surface area contributed by atoms with Gasteiger partial charge in [0.1, 0.15) is 19.0 Å². The highest BCUT2D eigenvalue weighted by Crippen LogP contribution is 2.31. The Morgan fingerprint density at radius 2 is 2.24 bits per heavy atom. The first-order chi connectivity index (χ1) is 10.1. The van der Waals surface area contributed by atoms with E-state index in [-0.39, 0.29) is 6.61 Å². The molecular weight excluding hydrogens is 289 g/mol. The van der Waals surface area contributed by atoms with Gasteiger partial charge in [0.05, 0.1) is 5.02 Å². The molecular formula is C17H21ClFNO. The van der Waals surface area contributed by atoms with Crippen molar-refractivity contribution in [2.45, 2.75) is 26.3 Å². The second-order valence-corrected chi connectivity index (χ2v) is 5.64. The van der Waals surface area contributed by atoms with Gasteiger partial charge in [0.15, 0.2) is 0 Å². The van der Waals surface area contributed by atoms with Gasteiger partial charge < -0.3 is 9.64 Å². The minimum absolute atomic E-state index is 0.0315. The highest BCUT2D eigenvalue weighted by atomic mass is 35.5. The molecule has 1 heterocycles. The lowest BCUT2D eigenvalue weighted by Gasteiger charge is -2.31. The molecule has 0 fully saturated rings. The van der Waals surface area contributed by atoms with E-state index in [0.717, 1.165) is 18.7 Å². The number of halogens is 2. The van der Waals surface area contributed by atoms with E-state index in [1.165, 1.54) is 5.57 Å². The number of alkyl halides is 1. The number of nitrogens with zero attached hydrogens (tertiary/aromatic N) is 1. The molecule has 1 unspecified atom stereocenters. The van der Waals surface area contributed by atoms with Crippen LogP contribution < -0.4 is 9.64 Å². The van der Waals surface area contributed by atoms with E-state index >= 15 is 0 Å². The molecule has 1 aromatic carbocycles. The smallest absolute Gasteiger partial charge is 0.138 e. The molecule has 0 radical (unpaired) electrons. The Kier molecular flexibility index (Phi) is 5.68. The molecule has 0 amide bonds. The molecule has 114 valence electrons. The van der Waals surface area contributed by atoms with Crippen molar-refractivity contribution in [3.05, 3.63) is 47.0 Å². The Hall–Kier alpha value is -1.48. The van der Waals surface area contributed by atoms with Gasteiger partial charge in [0.2, 0.25) is 0 Å². The third kappa shape index (κ3) is 4.24. The van der Waals surface area contributed by atoms with E-state index in [1.54, 1.807) is 0 Å². The molecule has 0 saturated heterocycles. The average Bonchev–Trinajstić information content (AvgIpc) is 2.46. The van der Waals surface area contributed by atoms with Crippen LogP contribution in [0.25, 0.3) is 0 Å². The summed E-state index contributed by atoms with van der Waals surface area (Å²) >= 11 is 6.23. The molecule has 0 aromatic heterocycles. The average molecular weight is 310 g/mol. The normalized spacial score (nSPS) is 21.4. The number of allylic oxidation sites excluding steroid dienone is 2. The quantitative estimate of drug-likeness (QED) is 0.741. The number of hydrogen-bond acceptors (Lipinski definition) is 2. The van der Waals surface area contributed by atoms with Gasteiger partial charge >= 0.3 is 0 Å². The molecule has 0 bridgehead atoms. The zero-order valence-corrected chi connectivity index (χ0v) is 13.2. The van der Waals surface area contributed by atoms with Crippen molar-refractivity contribution < 1.29 is 9.13 Å². The second kappa shape index (κ2) is 7.51. The van der Waals surface area contributed by atoms with Crippen LogP contribution in [0.1, 0.15) is 20.3 Å². The summed E-state index contributed by atoms with van der Waals surface area (Å²) in [4.78, 5) is 2.28. The molecule has 1 aliphatic rings. The molecule has 0 spiro atoms. The zero-order chi connectivity index (χ0) is 15.2. The third-order valence-electron chi connectivity index (χ3n) is 3.51. The van der Waals surface area contributed by atoms with E-state index < -0.39 is 6.67 Å². The lowest BCUT2D eigenvalue weighted by atomic mass is 10.1. The molecule has 2 rings (SSSR count). The van der Waals surface area contributed by atoms with E-state index in [2.05, 4.69) is 37.0 Å². The number of hydrogen-bond donors (Lipinski definition) is 0. The maximum absolute atomic E-state index is 12.2. The van der Waals surface area contributed by atoms with Crippen molar-refractivity contribution in [2.75, 3.05) is 24.7 Å². The fraction of sp³-hybridized carbons (Fsp3) is 0.412. The van der Waals surface area contributed by atoms with Crippen LogP contribution in [0.15, 0.2) is 42.0 Å². The SMILES string of the molecule is C/C1=C/CC=CC(C)N(c2ccc(OCCF)c(Cl)c2)C1. The summed E-state index contributed by atoms with van der Waals surface area (Å²) < 4.78 is 17.4. The van der Waals surface area contributed by atoms with Crippen LogP contribution in [-0.4, -0.2) is 25.9 Å². The van der Waals surface area contributed by atoms with Gasteiger partial charge in [-0.05, 0) is 38.5 Å². The molecule has 0 saturated carbocycles. The Labute approximate surface area is 130 Å². The first-order valence-electron chi connectivity index (χ1n) is 7.19. The Morgan fingerprint density at radius 1 is 1.43 bits per heavy atom. The number of ether oxygens (including phenoxy) is 1. The van der Waals surface area contributed by atoms with Crippen LogP contribution in [0.3, 0.4) is 0 Å². The Bertz CT molecular complexity index is 542. The summed E-state index contributed by atoms with van der Waals surface area (Å²) in [6.45, 7) is 4.68. The van der Waals surface area contributed by atoms with Gasteiger partial charge in [-0.1, -0.05) is 35.4 Å². The van der Waals surface area contributed by atoms with Crippen LogP contribution in [-0.2, 0) is 0 Å². The van der Waals surface area contributed by atoms with Gasteiger partial charge in [0, 0.05) is 18.3 Å². The molecule has 1 aromatic rings. The molecule has 1 aliphatic heterocycles. The van der Waals surface area contributed by atoms with Crippen molar-refractivity contribution in [1.29, 1.82) is 0 Å². The van der Waals surface area contributed by atoms with Gasteiger partial charge in [-0.15, -0.1) is 0 Å². The van der Waals surface area contributed by atoms with Crippen molar-refractivity contribution in [1.82, 2.24) is 0 Å². The summed E-state index contributed by atoms with van der Waals surface area (Å²) in [5.41, 5.74) is 2.37. The van der Waals surface area contributed by atoms with E-state index in [4.69, 9.17) is 16.3 Å². The standard InChI is InChI=1S/C17H21ClFNO/c1-13-5-3-4-6-14(2)20(12-13)15-7-8-17(16(18)11-15)21-10-9-19/h4-8,11,14H,3,9-10,12H2,1-2H3/b6-4?,13-5-. The highest BCUT2D eigenvalue weighted by molar-refractivity contribution is 6.32. The summed E-state index contributed by atoms with van der Waals surface area (Å²) in [6.07, 6.45) is 7.60. The lowest BCUT2D eigenvalue weighted by molar-refractivity contribution is 0.273. The van der Waals surface area contributed by atoms with Crippen LogP contribution in [0.4, 0.5) is 10.1 Å². The molecule has 1 atom stereocenters. The predicted molar refractivity (Wildman–Crippen MR) is 87.2 cm³/mol. The van der Waals surface area contributed by atoms with Crippen molar-refractivity contribution >= 4 is 17.3 Å². The summed E-state index contributed by atoms with van der Waals surface area (Å²) in [7, 11) is 0. The maximum Gasteiger partial charge on any atom is 0.138 e. The van der Waals surface area contributed by atoms with Crippen molar-refractivity contribution in [3.63, 3.8) is 0 Å². The molecule has 4 heteroatoms. The third-order valence-corrected chi connectivity index (χ3v) is 3.81. The Balaban J connectivity index is 2.23. The van der Waals surface area contributed by atoms with Crippen molar-refractivity contribution in [2.24, 2.45) is 0 Å². The van der Waals surface area contributed by atoms with Crippen LogP contribution >= 0.6 is 11.6 Å². The molecule has 0 aliphatic carbocycles. The zero-order valence-electron chi connectivity index (χ0n) is 12.5. The number of anilines is 1. The van der Waals surface area contributed by atoms with Gasteiger partial charge in [-0.25, -0.2) is 4.39 Å².